The lowest BCUT2D eigenvalue weighted by Crippen LogP contribution is -2.08. The molecular weight excluding hydrogens is 264 g/mol. The number of ether oxygens (including phenoxy) is 1. The summed E-state index contributed by atoms with van der Waals surface area (Å²) < 4.78 is 5.30. The van der Waals surface area contributed by atoms with Crippen LogP contribution in [0.4, 0.5) is 0 Å². The van der Waals surface area contributed by atoms with Crippen molar-refractivity contribution in [1.29, 1.82) is 0 Å². The maximum absolute atomic E-state index is 12.1. The van der Waals surface area contributed by atoms with Crippen molar-refractivity contribution in [3.63, 3.8) is 0 Å². The molecule has 102 valence electrons. The standard InChI is InChI=1S/C17H12N2O2/c20-17(21-16-6-2-1-3-7-16)15-9-14(11-19-12-15)13-5-4-8-18-10-13/h1-12H. The predicted molar refractivity (Wildman–Crippen MR) is 78.9 cm³/mol. The van der Waals surface area contributed by atoms with Crippen LogP contribution >= 0.6 is 0 Å². The summed E-state index contributed by atoms with van der Waals surface area (Å²) in [6.45, 7) is 0. The van der Waals surface area contributed by atoms with Crippen LogP contribution in [0.25, 0.3) is 11.1 Å². The van der Waals surface area contributed by atoms with Crippen molar-refractivity contribution in [3.8, 4) is 16.9 Å². The van der Waals surface area contributed by atoms with Gasteiger partial charge in [0.25, 0.3) is 0 Å². The molecule has 0 saturated heterocycles. The summed E-state index contributed by atoms with van der Waals surface area (Å²) in [7, 11) is 0. The van der Waals surface area contributed by atoms with Crippen LogP contribution in [0.15, 0.2) is 73.3 Å². The maximum atomic E-state index is 12.1. The second-order valence-electron chi connectivity index (χ2n) is 4.41. The molecule has 3 rings (SSSR count). The number of nitrogens with zero attached hydrogens (tertiary/aromatic N) is 2. The number of hydrogen-bond acceptors (Lipinski definition) is 4. The van der Waals surface area contributed by atoms with Crippen molar-refractivity contribution in [3.05, 3.63) is 78.9 Å². The zero-order valence-electron chi connectivity index (χ0n) is 11.1. The molecule has 4 heteroatoms. The number of carbonyl (C=O) groups excluding carboxylic acids is 1. The molecule has 0 aliphatic carbocycles. The van der Waals surface area contributed by atoms with E-state index >= 15 is 0 Å². The number of benzene rings is 1. The number of carbonyl (C=O) groups is 1. The summed E-state index contributed by atoms with van der Waals surface area (Å²) in [6, 6.07) is 14.4. The van der Waals surface area contributed by atoms with Crippen molar-refractivity contribution in [2.75, 3.05) is 0 Å². The molecule has 4 nitrogen and oxygen atoms in total. The molecule has 0 aliphatic rings. The zero-order valence-corrected chi connectivity index (χ0v) is 11.1. The molecule has 2 heterocycles. The van der Waals surface area contributed by atoms with Gasteiger partial charge in [-0.15, -0.1) is 0 Å². The Bertz CT molecular complexity index is 743. The fourth-order valence-electron chi connectivity index (χ4n) is 1.90. The molecule has 0 radical (unpaired) electrons. The van der Waals surface area contributed by atoms with E-state index in [1.165, 1.54) is 6.20 Å². The third-order valence-corrected chi connectivity index (χ3v) is 2.92. The molecule has 0 aliphatic heterocycles. The van der Waals surface area contributed by atoms with Gasteiger partial charge in [0.1, 0.15) is 5.75 Å². The van der Waals surface area contributed by atoms with Crippen molar-refractivity contribution >= 4 is 5.97 Å². The smallest absolute Gasteiger partial charge is 0.345 e. The fraction of sp³-hybridized carbons (Fsp3) is 0. The first-order chi connectivity index (χ1) is 10.3. The van der Waals surface area contributed by atoms with E-state index in [9.17, 15) is 4.79 Å². The van der Waals surface area contributed by atoms with Gasteiger partial charge in [-0.05, 0) is 24.3 Å². The molecule has 3 aromatic rings. The van der Waals surface area contributed by atoms with Crippen LogP contribution in [0, 0.1) is 0 Å². The first kappa shape index (κ1) is 13.0. The first-order valence-corrected chi connectivity index (χ1v) is 6.45. The predicted octanol–water partition coefficient (Wildman–Crippen LogP) is 3.36. The monoisotopic (exact) mass is 276 g/mol. The highest BCUT2D eigenvalue weighted by atomic mass is 16.5. The van der Waals surface area contributed by atoms with Crippen LogP contribution in [-0.2, 0) is 0 Å². The zero-order chi connectivity index (χ0) is 14.5. The van der Waals surface area contributed by atoms with Crippen molar-refractivity contribution < 1.29 is 9.53 Å². The molecule has 2 aromatic heterocycles. The molecule has 0 atom stereocenters. The van der Waals surface area contributed by atoms with Gasteiger partial charge >= 0.3 is 5.97 Å². The van der Waals surface area contributed by atoms with Crippen LogP contribution < -0.4 is 4.74 Å². The molecule has 1 aromatic carbocycles. The van der Waals surface area contributed by atoms with Gasteiger partial charge in [-0.25, -0.2) is 4.79 Å². The van der Waals surface area contributed by atoms with Crippen molar-refractivity contribution in [1.82, 2.24) is 9.97 Å². The molecule has 0 bridgehead atoms. The summed E-state index contributed by atoms with van der Waals surface area (Å²) in [6.07, 6.45) is 6.61. The van der Waals surface area contributed by atoms with Gasteiger partial charge < -0.3 is 4.74 Å². The Morgan fingerprint density at radius 2 is 1.67 bits per heavy atom. The van der Waals surface area contributed by atoms with Crippen molar-refractivity contribution in [2.45, 2.75) is 0 Å². The summed E-state index contributed by atoms with van der Waals surface area (Å²) in [5.41, 5.74) is 2.13. The maximum Gasteiger partial charge on any atom is 0.345 e. The van der Waals surface area contributed by atoms with E-state index in [2.05, 4.69) is 9.97 Å². The summed E-state index contributed by atoms with van der Waals surface area (Å²) >= 11 is 0. The third kappa shape index (κ3) is 3.12. The summed E-state index contributed by atoms with van der Waals surface area (Å²) in [4.78, 5) is 20.3. The quantitative estimate of drug-likeness (QED) is 0.543. The van der Waals surface area contributed by atoms with Gasteiger partial charge in [-0.2, -0.15) is 0 Å². The largest absolute Gasteiger partial charge is 0.423 e. The topological polar surface area (TPSA) is 52.1 Å². The van der Waals surface area contributed by atoms with Gasteiger partial charge in [0, 0.05) is 35.9 Å². The summed E-state index contributed by atoms with van der Waals surface area (Å²) in [5, 5.41) is 0. The van der Waals surface area contributed by atoms with E-state index in [0.717, 1.165) is 11.1 Å². The van der Waals surface area contributed by atoms with Crippen LogP contribution in [0.1, 0.15) is 10.4 Å². The Morgan fingerprint density at radius 3 is 2.43 bits per heavy atom. The Hall–Kier alpha value is -3.01. The highest BCUT2D eigenvalue weighted by Crippen LogP contribution is 2.19. The van der Waals surface area contributed by atoms with Crippen LogP contribution in [0.5, 0.6) is 5.75 Å². The van der Waals surface area contributed by atoms with Gasteiger partial charge in [0.2, 0.25) is 0 Å². The Balaban J connectivity index is 1.85. The van der Waals surface area contributed by atoms with E-state index in [1.807, 2.05) is 30.3 Å². The van der Waals surface area contributed by atoms with E-state index in [-0.39, 0.29) is 0 Å². The molecular formula is C17H12N2O2. The van der Waals surface area contributed by atoms with Gasteiger partial charge in [-0.1, -0.05) is 24.3 Å². The number of pyridine rings is 2. The lowest BCUT2D eigenvalue weighted by molar-refractivity contribution is 0.0734. The van der Waals surface area contributed by atoms with Gasteiger partial charge in [0.15, 0.2) is 0 Å². The van der Waals surface area contributed by atoms with E-state index in [1.54, 1.807) is 36.8 Å². The van der Waals surface area contributed by atoms with Crippen molar-refractivity contribution in [2.24, 2.45) is 0 Å². The highest BCUT2D eigenvalue weighted by Gasteiger charge is 2.10. The minimum absolute atomic E-state index is 0.403. The Labute approximate surface area is 122 Å². The molecule has 0 N–H and O–H groups in total. The number of para-hydroxylation sites is 1. The van der Waals surface area contributed by atoms with Gasteiger partial charge in [0.05, 0.1) is 5.56 Å². The summed E-state index contributed by atoms with van der Waals surface area (Å²) in [5.74, 6) is 0.0775. The lowest BCUT2D eigenvalue weighted by atomic mass is 10.1. The number of esters is 1. The second kappa shape index (κ2) is 5.96. The number of aromatic nitrogens is 2. The number of hydrogen-bond donors (Lipinski definition) is 0. The molecule has 0 fully saturated rings. The van der Waals surface area contributed by atoms with E-state index < -0.39 is 5.97 Å². The number of rotatable bonds is 3. The van der Waals surface area contributed by atoms with E-state index in [0.29, 0.717) is 11.3 Å². The fourth-order valence-corrected chi connectivity index (χ4v) is 1.90. The average Bonchev–Trinajstić information content (AvgIpc) is 2.57. The molecule has 0 amide bonds. The highest BCUT2D eigenvalue weighted by molar-refractivity contribution is 5.92. The minimum Gasteiger partial charge on any atom is -0.423 e. The van der Waals surface area contributed by atoms with Crippen LogP contribution in [-0.4, -0.2) is 15.9 Å². The lowest BCUT2D eigenvalue weighted by Gasteiger charge is -2.05. The second-order valence-corrected chi connectivity index (χ2v) is 4.41. The van der Waals surface area contributed by atoms with Crippen LogP contribution in [0.3, 0.4) is 0 Å². The Kier molecular flexibility index (Phi) is 3.69. The molecule has 21 heavy (non-hydrogen) atoms. The van der Waals surface area contributed by atoms with E-state index in [4.69, 9.17) is 4.74 Å². The molecule has 0 unspecified atom stereocenters. The normalized spacial score (nSPS) is 10.1. The minimum atomic E-state index is -0.431. The SMILES string of the molecule is O=C(Oc1ccccc1)c1cncc(-c2cccnc2)c1. The average molecular weight is 276 g/mol. The van der Waals surface area contributed by atoms with Gasteiger partial charge in [-0.3, -0.25) is 9.97 Å². The third-order valence-electron chi connectivity index (χ3n) is 2.92. The van der Waals surface area contributed by atoms with Crippen LogP contribution in [0.2, 0.25) is 0 Å². The Morgan fingerprint density at radius 1 is 0.857 bits per heavy atom. The molecule has 0 saturated carbocycles. The molecule has 0 spiro atoms. The first-order valence-electron chi connectivity index (χ1n) is 6.45.